The predicted molar refractivity (Wildman–Crippen MR) is 70.1 cm³/mol. The van der Waals surface area contributed by atoms with Gasteiger partial charge in [-0.2, -0.15) is 13.2 Å². The number of aromatic nitrogens is 2. The molecule has 1 heterocycles. The van der Waals surface area contributed by atoms with Crippen molar-refractivity contribution in [3.63, 3.8) is 0 Å². The van der Waals surface area contributed by atoms with Crippen molar-refractivity contribution in [1.82, 2.24) is 9.55 Å². The molecule has 0 aliphatic heterocycles. The van der Waals surface area contributed by atoms with E-state index in [1.54, 1.807) is 4.57 Å². The van der Waals surface area contributed by atoms with Crippen LogP contribution in [-0.2, 0) is 6.54 Å². The van der Waals surface area contributed by atoms with Gasteiger partial charge in [-0.15, -0.1) is 0 Å². The molecule has 0 aliphatic rings. The summed E-state index contributed by atoms with van der Waals surface area (Å²) in [7, 11) is 0. The predicted octanol–water partition coefficient (Wildman–Crippen LogP) is 4.94. The van der Waals surface area contributed by atoms with Crippen LogP contribution in [0.5, 0.6) is 0 Å². The number of alkyl halides is 3. The van der Waals surface area contributed by atoms with Crippen molar-refractivity contribution in [3.05, 3.63) is 27.2 Å². The number of H-pyrrole nitrogens is 1. The van der Waals surface area contributed by atoms with Gasteiger partial charge in [-0.05, 0) is 40.6 Å². The minimum absolute atomic E-state index is 0.0697. The van der Waals surface area contributed by atoms with Crippen LogP contribution in [-0.4, -0.2) is 15.7 Å². The highest BCUT2D eigenvalue weighted by Gasteiger charge is 2.26. The number of nitrogens with zero attached hydrogens (tertiary/aromatic N) is 1. The lowest BCUT2D eigenvalue weighted by atomic mass is 10.2. The molecule has 0 amide bonds. The maximum absolute atomic E-state index is 13.3. The van der Waals surface area contributed by atoms with Gasteiger partial charge in [0, 0.05) is 19.0 Å². The second-order valence-corrected chi connectivity index (χ2v) is 5.33. The number of rotatable bonds is 3. The molecule has 1 N–H and O–H groups in total. The number of aromatic amines is 1. The summed E-state index contributed by atoms with van der Waals surface area (Å²) in [4.78, 5) is 2.78. The fourth-order valence-corrected chi connectivity index (χ4v) is 2.44. The number of hydrogen-bond donors (Lipinski definition) is 1. The summed E-state index contributed by atoms with van der Waals surface area (Å²) in [5.41, 5.74) is 1.05. The third-order valence-corrected chi connectivity index (χ3v) is 3.59. The fraction of sp³-hybridized carbons (Fsp3) is 0.364. The van der Waals surface area contributed by atoms with Crippen molar-refractivity contribution in [1.29, 1.82) is 0 Å². The van der Waals surface area contributed by atoms with Crippen LogP contribution >= 0.6 is 28.1 Å². The molecule has 104 valence electrons. The summed E-state index contributed by atoms with van der Waals surface area (Å²) in [6.45, 7) is 0.135. The summed E-state index contributed by atoms with van der Waals surface area (Å²) in [6, 6.07) is 2.76. The molecule has 0 bridgehead atoms. The van der Waals surface area contributed by atoms with Gasteiger partial charge in [-0.25, -0.2) is 4.39 Å². The zero-order valence-corrected chi connectivity index (χ0v) is 11.9. The highest BCUT2D eigenvalue weighted by molar-refractivity contribution is 9.10. The van der Waals surface area contributed by atoms with Crippen LogP contribution in [0.25, 0.3) is 11.0 Å². The number of nitrogens with one attached hydrogen (secondary N) is 1. The van der Waals surface area contributed by atoms with Gasteiger partial charge in [0.15, 0.2) is 4.77 Å². The monoisotopic (exact) mass is 356 g/mol. The van der Waals surface area contributed by atoms with Crippen molar-refractivity contribution in [3.8, 4) is 0 Å². The quantitative estimate of drug-likeness (QED) is 0.609. The molecule has 0 spiro atoms. The molecule has 0 unspecified atom stereocenters. The fourth-order valence-electron chi connectivity index (χ4n) is 1.81. The average molecular weight is 357 g/mol. The van der Waals surface area contributed by atoms with E-state index in [-0.39, 0.29) is 22.2 Å². The number of halogens is 5. The minimum atomic E-state index is -4.18. The summed E-state index contributed by atoms with van der Waals surface area (Å²) >= 11 is 8.08. The van der Waals surface area contributed by atoms with Crippen LogP contribution < -0.4 is 0 Å². The van der Waals surface area contributed by atoms with Crippen molar-refractivity contribution < 1.29 is 17.6 Å². The molecule has 2 aromatic rings. The van der Waals surface area contributed by atoms with Crippen LogP contribution in [0.1, 0.15) is 12.8 Å². The highest BCUT2D eigenvalue weighted by Crippen LogP contribution is 2.25. The molecule has 2 rings (SSSR count). The molecule has 2 nitrogen and oxygen atoms in total. The first-order chi connectivity index (χ1) is 8.78. The first-order valence-electron chi connectivity index (χ1n) is 5.42. The van der Waals surface area contributed by atoms with Crippen LogP contribution in [0.4, 0.5) is 17.6 Å². The van der Waals surface area contributed by atoms with Crippen molar-refractivity contribution in [2.24, 2.45) is 0 Å². The van der Waals surface area contributed by atoms with Gasteiger partial charge < -0.3 is 9.55 Å². The lowest BCUT2D eigenvalue weighted by Crippen LogP contribution is -2.09. The summed E-state index contributed by atoms with van der Waals surface area (Å²) in [5.74, 6) is -0.453. The molecule has 1 aromatic heterocycles. The first kappa shape index (κ1) is 14.5. The summed E-state index contributed by atoms with van der Waals surface area (Å²) in [6.07, 6.45) is -5.12. The maximum atomic E-state index is 13.3. The Balaban J connectivity index is 2.30. The molecular formula is C11H9BrF4N2S. The number of benzene rings is 1. The molecule has 0 fully saturated rings. The second kappa shape index (κ2) is 5.24. The van der Waals surface area contributed by atoms with Gasteiger partial charge in [-0.3, -0.25) is 0 Å². The second-order valence-electron chi connectivity index (χ2n) is 4.08. The van der Waals surface area contributed by atoms with Gasteiger partial charge in [-0.1, -0.05) is 0 Å². The van der Waals surface area contributed by atoms with E-state index in [1.165, 1.54) is 12.1 Å². The topological polar surface area (TPSA) is 20.7 Å². The van der Waals surface area contributed by atoms with E-state index < -0.39 is 18.4 Å². The zero-order chi connectivity index (χ0) is 14.2. The third kappa shape index (κ3) is 3.36. The van der Waals surface area contributed by atoms with Crippen LogP contribution in [0.2, 0.25) is 0 Å². The Morgan fingerprint density at radius 3 is 2.63 bits per heavy atom. The van der Waals surface area contributed by atoms with E-state index in [9.17, 15) is 17.6 Å². The van der Waals surface area contributed by atoms with Crippen LogP contribution in [0, 0.1) is 10.6 Å². The highest BCUT2D eigenvalue weighted by atomic mass is 79.9. The standard InChI is InChI=1S/C11H9BrF4N2S/c12-6-4-9-8(5-7(6)13)17-10(19)18(9)3-1-2-11(14,15)16/h4-5H,1-3H2,(H,17,19). The Bertz CT molecular complexity index is 659. The van der Waals surface area contributed by atoms with Crippen molar-refractivity contribution in [2.75, 3.05) is 0 Å². The number of imidazole rings is 1. The van der Waals surface area contributed by atoms with Gasteiger partial charge in [0.1, 0.15) is 5.82 Å². The van der Waals surface area contributed by atoms with E-state index in [2.05, 4.69) is 20.9 Å². The van der Waals surface area contributed by atoms with Crippen LogP contribution in [0.3, 0.4) is 0 Å². The first-order valence-corrected chi connectivity index (χ1v) is 6.62. The smallest absolute Gasteiger partial charge is 0.330 e. The normalized spacial score (nSPS) is 12.3. The molecule has 0 saturated carbocycles. The number of aryl methyl sites for hydroxylation is 1. The van der Waals surface area contributed by atoms with Crippen molar-refractivity contribution >= 4 is 39.2 Å². The molecular weight excluding hydrogens is 348 g/mol. The molecule has 8 heteroatoms. The van der Waals surface area contributed by atoms with E-state index in [1.807, 2.05) is 0 Å². The van der Waals surface area contributed by atoms with Gasteiger partial charge >= 0.3 is 6.18 Å². The third-order valence-electron chi connectivity index (χ3n) is 2.66. The molecule has 0 atom stereocenters. The number of fused-ring (bicyclic) bond motifs is 1. The Morgan fingerprint density at radius 1 is 1.32 bits per heavy atom. The Labute approximate surface area is 119 Å². The van der Waals surface area contributed by atoms with E-state index in [4.69, 9.17) is 12.2 Å². The van der Waals surface area contributed by atoms with E-state index >= 15 is 0 Å². The molecule has 0 saturated heterocycles. The minimum Gasteiger partial charge on any atom is -0.330 e. The molecule has 0 radical (unpaired) electrons. The lowest BCUT2D eigenvalue weighted by molar-refractivity contribution is -0.135. The summed E-state index contributed by atoms with van der Waals surface area (Å²) in [5, 5.41) is 0. The molecule has 1 aromatic carbocycles. The van der Waals surface area contributed by atoms with E-state index in [0.29, 0.717) is 11.0 Å². The SMILES string of the molecule is Fc1cc2[nH]c(=S)n(CCCC(F)(F)F)c2cc1Br. The maximum Gasteiger partial charge on any atom is 0.389 e. The average Bonchev–Trinajstić information content (AvgIpc) is 2.55. The zero-order valence-electron chi connectivity index (χ0n) is 9.52. The van der Waals surface area contributed by atoms with Gasteiger partial charge in [0.05, 0.1) is 15.5 Å². The van der Waals surface area contributed by atoms with Crippen molar-refractivity contribution in [2.45, 2.75) is 25.6 Å². The molecule has 0 aliphatic carbocycles. The lowest BCUT2D eigenvalue weighted by Gasteiger charge is -2.07. The van der Waals surface area contributed by atoms with Gasteiger partial charge in [0.2, 0.25) is 0 Å². The van der Waals surface area contributed by atoms with Gasteiger partial charge in [0.25, 0.3) is 0 Å². The largest absolute Gasteiger partial charge is 0.389 e. The Morgan fingerprint density at radius 2 is 2.00 bits per heavy atom. The summed E-state index contributed by atoms with van der Waals surface area (Å²) < 4.78 is 51.8. The Kier molecular flexibility index (Phi) is 4.00. The molecule has 19 heavy (non-hydrogen) atoms. The number of hydrogen-bond acceptors (Lipinski definition) is 1. The van der Waals surface area contributed by atoms with Crippen LogP contribution in [0.15, 0.2) is 16.6 Å². The Hall–Kier alpha value is -0.890. The van der Waals surface area contributed by atoms with E-state index in [0.717, 1.165) is 0 Å².